The number of carboxylic acids is 1. The SMILES string of the molecule is CSCCC(NC(=O)C(N)CCCCN)C(=O)NC(CC(C)C)C(=O)NC(CS)C(=O)O. The summed E-state index contributed by atoms with van der Waals surface area (Å²) in [5, 5.41) is 16.9. The molecule has 0 saturated heterocycles. The first-order valence-corrected chi connectivity index (χ1v) is 12.8. The van der Waals surface area contributed by atoms with Crippen LogP contribution in [-0.4, -0.2) is 77.3 Å². The number of carbonyl (C=O) groups excluding carboxylic acids is 3. The predicted molar refractivity (Wildman–Crippen MR) is 131 cm³/mol. The summed E-state index contributed by atoms with van der Waals surface area (Å²) in [6, 6.07) is -3.74. The molecule has 0 aromatic heterocycles. The van der Waals surface area contributed by atoms with Gasteiger partial charge in [0.25, 0.3) is 0 Å². The smallest absolute Gasteiger partial charge is 0.327 e. The van der Waals surface area contributed by atoms with Crippen LogP contribution in [-0.2, 0) is 19.2 Å². The number of thiol groups is 1. The molecule has 8 N–H and O–H groups in total. The maximum atomic E-state index is 12.9. The topological polar surface area (TPSA) is 177 Å². The Morgan fingerprint density at radius 3 is 2.00 bits per heavy atom. The normalized spacial score (nSPS) is 14.8. The minimum atomic E-state index is -1.21. The van der Waals surface area contributed by atoms with Gasteiger partial charge in [0.1, 0.15) is 18.1 Å². The number of hydrogen-bond acceptors (Lipinski definition) is 8. The lowest BCUT2D eigenvalue weighted by Crippen LogP contribution is -2.57. The standard InChI is InChI=1S/C20H39N5O5S2/c1-12(2)10-15(19(28)25-16(11-31)20(29)30)24-18(27)14(7-9-32-3)23-17(26)13(22)6-4-5-8-21/h12-16,31H,4-11,21-22H2,1-3H3,(H,23,26)(H,24,27)(H,25,28)(H,29,30). The van der Waals surface area contributed by atoms with Gasteiger partial charge < -0.3 is 32.5 Å². The predicted octanol–water partition coefficient (Wildman–Crippen LogP) is -0.289. The van der Waals surface area contributed by atoms with Crippen molar-refractivity contribution in [3.05, 3.63) is 0 Å². The largest absolute Gasteiger partial charge is 0.480 e. The number of amides is 3. The lowest BCUT2D eigenvalue weighted by molar-refractivity contribution is -0.141. The molecule has 0 radical (unpaired) electrons. The summed E-state index contributed by atoms with van der Waals surface area (Å²) in [6.07, 6.45) is 4.47. The Morgan fingerprint density at radius 2 is 1.50 bits per heavy atom. The molecule has 0 fully saturated rings. The molecule has 0 rings (SSSR count). The van der Waals surface area contributed by atoms with Crippen molar-refractivity contribution in [1.29, 1.82) is 0 Å². The van der Waals surface area contributed by atoms with E-state index in [9.17, 15) is 19.2 Å². The zero-order chi connectivity index (χ0) is 24.7. The molecule has 0 aromatic rings. The van der Waals surface area contributed by atoms with Gasteiger partial charge in [-0.2, -0.15) is 24.4 Å². The molecule has 186 valence electrons. The molecule has 4 unspecified atom stereocenters. The number of rotatable bonds is 17. The van der Waals surface area contributed by atoms with E-state index in [0.717, 1.165) is 6.42 Å². The fourth-order valence-corrected chi connectivity index (χ4v) is 3.57. The zero-order valence-corrected chi connectivity index (χ0v) is 20.8. The maximum absolute atomic E-state index is 12.9. The van der Waals surface area contributed by atoms with Gasteiger partial charge in [0, 0.05) is 5.75 Å². The molecule has 4 atom stereocenters. The van der Waals surface area contributed by atoms with Crippen LogP contribution in [0.3, 0.4) is 0 Å². The summed E-state index contributed by atoms with van der Waals surface area (Å²) >= 11 is 5.47. The number of aliphatic carboxylic acids is 1. The van der Waals surface area contributed by atoms with Gasteiger partial charge in [-0.3, -0.25) is 14.4 Å². The molecular formula is C20H39N5O5S2. The summed E-state index contributed by atoms with van der Waals surface area (Å²) < 4.78 is 0. The van der Waals surface area contributed by atoms with Crippen molar-refractivity contribution in [2.75, 3.05) is 24.3 Å². The van der Waals surface area contributed by atoms with Crippen LogP contribution >= 0.6 is 24.4 Å². The van der Waals surface area contributed by atoms with Gasteiger partial charge in [-0.1, -0.05) is 20.3 Å². The van der Waals surface area contributed by atoms with E-state index in [-0.39, 0.29) is 11.7 Å². The van der Waals surface area contributed by atoms with Gasteiger partial charge in [-0.05, 0) is 50.2 Å². The molecule has 0 bridgehead atoms. The van der Waals surface area contributed by atoms with E-state index < -0.39 is 47.9 Å². The van der Waals surface area contributed by atoms with Gasteiger partial charge >= 0.3 is 5.97 Å². The van der Waals surface area contributed by atoms with Crippen LogP contribution in [0, 0.1) is 5.92 Å². The van der Waals surface area contributed by atoms with Crippen LogP contribution in [0.4, 0.5) is 0 Å². The minimum absolute atomic E-state index is 0.0561. The Bertz CT molecular complexity index is 609. The number of hydrogen-bond donors (Lipinski definition) is 7. The average Bonchev–Trinajstić information content (AvgIpc) is 2.73. The second-order valence-electron chi connectivity index (χ2n) is 8.01. The Morgan fingerprint density at radius 1 is 0.938 bits per heavy atom. The molecule has 0 aliphatic rings. The average molecular weight is 494 g/mol. The Hall–Kier alpha value is -1.50. The monoisotopic (exact) mass is 493 g/mol. The number of thioether (sulfide) groups is 1. The molecule has 10 nitrogen and oxygen atoms in total. The zero-order valence-electron chi connectivity index (χ0n) is 19.1. The Balaban J connectivity index is 5.28. The second-order valence-corrected chi connectivity index (χ2v) is 9.36. The number of carboxylic acid groups (broad SMARTS) is 1. The van der Waals surface area contributed by atoms with Gasteiger partial charge in [-0.25, -0.2) is 4.79 Å². The summed E-state index contributed by atoms with van der Waals surface area (Å²) in [6.45, 7) is 4.28. The lowest BCUT2D eigenvalue weighted by atomic mass is 10.0. The summed E-state index contributed by atoms with van der Waals surface area (Å²) in [5.41, 5.74) is 11.4. The van der Waals surface area contributed by atoms with Gasteiger partial charge in [0.05, 0.1) is 6.04 Å². The number of nitrogens with two attached hydrogens (primary N) is 2. The summed E-state index contributed by atoms with van der Waals surface area (Å²) in [4.78, 5) is 49.3. The quantitative estimate of drug-likeness (QED) is 0.107. The Labute approximate surface area is 200 Å². The fraction of sp³-hybridized carbons (Fsp3) is 0.800. The van der Waals surface area contributed by atoms with Crippen molar-refractivity contribution < 1.29 is 24.3 Å². The highest BCUT2D eigenvalue weighted by Crippen LogP contribution is 2.09. The molecular weight excluding hydrogens is 454 g/mol. The van der Waals surface area contributed by atoms with Gasteiger partial charge in [-0.15, -0.1) is 0 Å². The molecule has 32 heavy (non-hydrogen) atoms. The van der Waals surface area contributed by atoms with Crippen LogP contribution < -0.4 is 27.4 Å². The van der Waals surface area contributed by atoms with Crippen molar-refractivity contribution in [2.24, 2.45) is 17.4 Å². The highest BCUT2D eigenvalue weighted by molar-refractivity contribution is 7.98. The van der Waals surface area contributed by atoms with E-state index in [0.29, 0.717) is 38.0 Å². The molecule has 0 heterocycles. The second kappa shape index (κ2) is 17.0. The van der Waals surface area contributed by atoms with Crippen molar-refractivity contribution in [3.63, 3.8) is 0 Å². The van der Waals surface area contributed by atoms with Crippen LogP contribution in [0.2, 0.25) is 0 Å². The fourth-order valence-electron chi connectivity index (χ4n) is 2.86. The molecule has 3 amide bonds. The van der Waals surface area contributed by atoms with Gasteiger partial charge in [0.2, 0.25) is 17.7 Å². The van der Waals surface area contributed by atoms with E-state index >= 15 is 0 Å². The highest BCUT2D eigenvalue weighted by atomic mass is 32.2. The minimum Gasteiger partial charge on any atom is -0.480 e. The van der Waals surface area contributed by atoms with E-state index in [1.165, 1.54) is 11.8 Å². The number of carbonyl (C=O) groups is 4. The van der Waals surface area contributed by atoms with E-state index in [4.69, 9.17) is 16.6 Å². The first-order chi connectivity index (χ1) is 15.1. The Kier molecular flexibility index (Phi) is 16.2. The molecule has 0 aliphatic carbocycles. The lowest BCUT2D eigenvalue weighted by Gasteiger charge is -2.26. The van der Waals surface area contributed by atoms with E-state index in [1.807, 2.05) is 20.1 Å². The van der Waals surface area contributed by atoms with Crippen molar-refractivity contribution in [3.8, 4) is 0 Å². The molecule has 0 spiro atoms. The van der Waals surface area contributed by atoms with Crippen LogP contribution in [0.25, 0.3) is 0 Å². The first kappa shape index (κ1) is 30.5. The maximum Gasteiger partial charge on any atom is 0.327 e. The van der Waals surface area contributed by atoms with Crippen molar-refractivity contribution >= 4 is 48.1 Å². The van der Waals surface area contributed by atoms with Crippen molar-refractivity contribution in [2.45, 2.75) is 70.1 Å². The number of nitrogens with one attached hydrogen (secondary N) is 3. The number of unbranched alkanes of at least 4 members (excludes halogenated alkanes) is 1. The molecule has 12 heteroatoms. The third-order valence-electron chi connectivity index (χ3n) is 4.69. The molecule has 0 saturated carbocycles. The summed E-state index contributed by atoms with van der Waals surface area (Å²) in [7, 11) is 0. The van der Waals surface area contributed by atoms with Crippen molar-refractivity contribution in [1.82, 2.24) is 16.0 Å². The summed E-state index contributed by atoms with van der Waals surface area (Å²) in [5.74, 6) is -2.19. The first-order valence-electron chi connectivity index (χ1n) is 10.8. The molecule has 0 aromatic carbocycles. The van der Waals surface area contributed by atoms with E-state index in [2.05, 4.69) is 28.6 Å². The van der Waals surface area contributed by atoms with Gasteiger partial charge in [0.15, 0.2) is 0 Å². The third kappa shape index (κ3) is 12.5. The highest BCUT2D eigenvalue weighted by Gasteiger charge is 2.30. The third-order valence-corrected chi connectivity index (χ3v) is 5.70. The van der Waals surface area contributed by atoms with Crippen LogP contribution in [0.1, 0.15) is 46.0 Å². The molecule has 0 aliphatic heterocycles. The van der Waals surface area contributed by atoms with Crippen LogP contribution in [0.5, 0.6) is 0 Å². The van der Waals surface area contributed by atoms with E-state index in [1.54, 1.807) is 0 Å². The van der Waals surface area contributed by atoms with Crippen LogP contribution in [0.15, 0.2) is 0 Å².